The van der Waals surface area contributed by atoms with E-state index in [1.807, 2.05) is 24.3 Å². The Hall–Kier alpha value is -1.90. The molecular formula is C14H15NO2. The molecule has 0 aliphatic carbocycles. The number of benzene rings is 1. The molecule has 17 heavy (non-hydrogen) atoms. The molecule has 1 fully saturated rings. The Morgan fingerprint density at radius 2 is 1.82 bits per heavy atom. The first kappa shape index (κ1) is 11.6. The van der Waals surface area contributed by atoms with Crippen molar-refractivity contribution in [3.05, 3.63) is 41.0 Å². The topological polar surface area (TPSA) is 46.2 Å². The third kappa shape index (κ3) is 2.61. The number of hydrogen-bond acceptors (Lipinski definition) is 2. The van der Waals surface area contributed by atoms with Crippen LogP contribution in [0.2, 0.25) is 0 Å². The van der Waals surface area contributed by atoms with Crippen LogP contribution in [0.5, 0.6) is 0 Å². The highest BCUT2D eigenvalue weighted by Gasteiger charge is 2.23. The smallest absolute Gasteiger partial charge is 0.254 e. The summed E-state index contributed by atoms with van der Waals surface area (Å²) in [6.07, 6.45) is 1.95. The van der Waals surface area contributed by atoms with Crippen LogP contribution >= 0.6 is 0 Å². The molecule has 0 unspecified atom stereocenters. The maximum Gasteiger partial charge on any atom is 0.254 e. The molecule has 0 bridgehead atoms. The average molecular weight is 229 g/mol. The molecule has 1 saturated heterocycles. The number of carbonyl (C=O) groups excluding carboxylic acids is 2. The summed E-state index contributed by atoms with van der Waals surface area (Å²) in [5.41, 5.74) is 2.75. The van der Waals surface area contributed by atoms with Crippen LogP contribution in [0, 0.1) is 0 Å². The lowest BCUT2D eigenvalue weighted by molar-refractivity contribution is -0.124. The van der Waals surface area contributed by atoms with E-state index < -0.39 is 0 Å². The van der Waals surface area contributed by atoms with E-state index in [1.54, 1.807) is 6.08 Å². The van der Waals surface area contributed by atoms with E-state index >= 15 is 0 Å². The maximum absolute atomic E-state index is 11.4. The fraction of sp³-hybridized carbons (Fsp3) is 0.286. The van der Waals surface area contributed by atoms with Crippen molar-refractivity contribution in [2.24, 2.45) is 0 Å². The molecule has 2 rings (SSSR count). The maximum atomic E-state index is 11.4. The van der Waals surface area contributed by atoms with Crippen LogP contribution in [-0.2, 0) is 9.59 Å². The van der Waals surface area contributed by atoms with E-state index in [2.05, 4.69) is 19.2 Å². The van der Waals surface area contributed by atoms with Crippen LogP contribution < -0.4 is 5.32 Å². The third-order valence-corrected chi connectivity index (χ3v) is 2.84. The van der Waals surface area contributed by atoms with Gasteiger partial charge in [0.25, 0.3) is 5.91 Å². The number of amides is 2. The van der Waals surface area contributed by atoms with Crippen LogP contribution in [0.25, 0.3) is 6.08 Å². The lowest BCUT2D eigenvalue weighted by atomic mass is 10.0. The van der Waals surface area contributed by atoms with Crippen molar-refractivity contribution in [2.45, 2.75) is 26.2 Å². The highest BCUT2D eigenvalue weighted by Crippen LogP contribution is 2.18. The molecule has 1 aliphatic heterocycles. The van der Waals surface area contributed by atoms with E-state index in [1.165, 1.54) is 5.56 Å². The predicted molar refractivity (Wildman–Crippen MR) is 66.3 cm³/mol. The van der Waals surface area contributed by atoms with Crippen molar-refractivity contribution in [1.82, 2.24) is 5.32 Å². The van der Waals surface area contributed by atoms with Crippen LogP contribution in [0.1, 0.15) is 37.3 Å². The monoisotopic (exact) mass is 229 g/mol. The van der Waals surface area contributed by atoms with Gasteiger partial charge in [0, 0.05) is 5.57 Å². The summed E-state index contributed by atoms with van der Waals surface area (Å²) in [6, 6.07) is 8.04. The molecule has 0 spiro atoms. The Bertz CT molecular complexity index is 483. The molecule has 0 aromatic heterocycles. The average Bonchev–Trinajstić information content (AvgIpc) is 2.58. The molecular weight excluding hydrogens is 214 g/mol. The number of imide groups is 1. The zero-order valence-corrected chi connectivity index (χ0v) is 9.99. The minimum absolute atomic E-state index is 0.185. The van der Waals surface area contributed by atoms with Gasteiger partial charge in [0.05, 0.1) is 6.42 Å². The molecule has 1 aromatic carbocycles. The molecule has 1 aromatic rings. The fourth-order valence-corrected chi connectivity index (χ4v) is 1.80. The van der Waals surface area contributed by atoms with Gasteiger partial charge in [-0.05, 0) is 23.1 Å². The van der Waals surface area contributed by atoms with E-state index in [9.17, 15) is 9.59 Å². The van der Waals surface area contributed by atoms with Gasteiger partial charge in [-0.3, -0.25) is 14.9 Å². The second kappa shape index (κ2) is 4.53. The summed E-state index contributed by atoms with van der Waals surface area (Å²) < 4.78 is 0. The van der Waals surface area contributed by atoms with Crippen molar-refractivity contribution in [3.63, 3.8) is 0 Å². The fourth-order valence-electron chi connectivity index (χ4n) is 1.80. The lowest BCUT2D eigenvalue weighted by Crippen LogP contribution is -2.19. The van der Waals surface area contributed by atoms with Gasteiger partial charge in [0.1, 0.15) is 0 Å². The Kier molecular flexibility index (Phi) is 3.09. The number of nitrogens with one attached hydrogen (secondary N) is 1. The predicted octanol–water partition coefficient (Wildman–Crippen LogP) is 2.24. The van der Waals surface area contributed by atoms with Crippen molar-refractivity contribution in [3.8, 4) is 0 Å². The van der Waals surface area contributed by atoms with Gasteiger partial charge in [0.2, 0.25) is 5.91 Å². The number of carbonyl (C=O) groups is 2. The largest absolute Gasteiger partial charge is 0.292 e. The molecule has 3 heteroatoms. The van der Waals surface area contributed by atoms with Gasteiger partial charge in [0.15, 0.2) is 0 Å². The zero-order valence-electron chi connectivity index (χ0n) is 9.99. The SMILES string of the molecule is CC(C)c1ccc(C=C2CC(=O)NC2=O)cc1. The highest BCUT2D eigenvalue weighted by atomic mass is 16.2. The normalized spacial score (nSPS) is 17.9. The van der Waals surface area contributed by atoms with Gasteiger partial charge in [-0.2, -0.15) is 0 Å². The molecule has 0 radical (unpaired) electrons. The molecule has 2 amide bonds. The number of hydrogen-bond donors (Lipinski definition) is 1. The van der Waals surface area contributed by atoms with Crippen molar-refractivity contribution < 1.29 is 9.59 Å². The highest BCUT2D eigenvalue weighted by molar-refractivity contribution is 6.15. The number of rotatable bonds is 2. The van der Waals surface area contributed by atoms with Crippen LogP contribution in [-0.4, -0.2) is 11.8 Å². The zero-order chi connectivity index (χ0) is 12.4. The van der Waals surface area contributed by atoms with Crippen LogP contribution in [0.3, 0.4) is 0 Å². The third-order valence-electron chi connectivity index (χ3n) is 2.84. The molecule has 1 N–H and O–H groups in total. The van der Waals surface area contributed by atoms with E-state index in [0.717, 1.165) is 5.56 Å². The second-order valence-electron chi connectivity index (χ2n) is 4.55. The van der Waals surface area contributed by atoms with Crippen LogP contribution in [0.15, 0.2) is 29.8 Å². The van der Waals surface area contributed by atoms with Gasteiger partial charge < -0.3 is 0 Å². The minimum atomic E-state index is -0.275. The summed E-state index contributed by atoms with van der Waals surface area (Å²) in [6.45, 7) is 4.27. The Balaban J connectivity index is 2.21. The molecule has 0 atom stereocenters. The molecule has 1 aliphatic rings. The minimum Gasteiger partial charge on any atom is -0.292 e. The summed E-state index contributed by atoms with van der Waals surface area (Å²) in [7, 11) is 0. The molecule has 1 heterocycles. The Morgan fingerprint density at radius 1 is 1.18 bits per heavy atom. The Morgan fingerprint density at radius 3 is 2.29 bits per heavy atom. The summed E-state index contributed by atoms with van der Waals surface area (Å²) in [4.78, 5) is 22.4. The summed E-state index contributed by atoms with van der Waals surface area (Å²) in [5, 5.41) is 2.27. The van der Waals surface area contributed by atoms with Crippen LogP contribution in [0.4, 0.5) is 0 Å². The molecule has 0 saturated carbocycles. The lowest BCUT2D eigenvalue weighted by Gasteiger charge is -2.04. The first-order chi connectivity index (χ1) is 8.06. The van der Waals surface area contributed by atoms with Gasteiger partial charge >= 0.3 is 0 Å². The Labute approximate surface area is 101 Å². The van der Waals surface area contributed by atoms with Crippen molar-refractivity contribution in [2.75, 3.05) is 0 Å². The summed E-state index contributed by atoms with van der Waals surface area (Å²) >= 11 is 0. The molecule has 88 valence electrons. The van der Waals surface area contributed by atoms with E-state index in [0.29, 0.717) is 11.5 Å². The van der Waals surface area contributed by atoms with Crippen molar-refractivity contribution >= 4 is 17.9 Å². The van der Waals surface area contributed by atoms with Gasteiger partial charge in [-0.25, -0.2) is 0 Å². The van der Waals surface area contributed by atoms with Gasteiger partial charge in [-0.1, -0.05) is 38.1 Å². The summed E-state index contributed by atoms with van der Waals surface area (Å²) in [5.74, 6) is -0.00366. The van der Waals surface area contributed by atoms with E-state index in [4.69, 9.17) is 0 Å². The standard InChI is InChI=1S/C14H15NO2/c1-9(2)11-5-3-10(4-6-11)7-12-8-13(16)15-14(12)17/h3-7,9H,8H2,1-2H3,(H,15,16,17). The van der Waals surface area contributed by atoms with Gasteiger partial charge in [-0.15, -0.1) is 0 Å². The quantitative estimate of drug-likeness (QED) is 0.624. The molecule has 3 nitrogen and oxygen atoms in total. The second-order valence-corrected chi connectivity index (χ2v) is 4.55. The first-order valence-corrected chi connectivity index (χ1v) is 5.71. The van der Waals surface area contributed by atoms with Crippen molar-refractivity contribution in [1.29, 1.82) is 0 Å². The first-order valence-electron chi connectivity index (χ1n) is 5.71. The van der Waals surface area contributed by atoms with E-state index in [-0.39, 0.29) is 18.2 Å².